The lowest BCUT2D eigenvalue weighted by Crippen LogP contribution is -2.20. The van der Waals surface area contributed by atoms with Crippen LogP contribution in [0, 0.1) is 0 Å². The summed E-state index contributed by atoms with van der Waals surface area (Å²) in [7, 11) is 3.89. The van der Waals surface area contributed by atoms with E-state index >= 15 is 0 Å². The maximum absolute atomic E-state index is 4.31. The monoisotopic (exact) mass is 204 g/mol. The zero-order valence-corrected chi connectivity index (χ0v) is 9.20. The molecule has 0 amide bonds. The third-order valence-electron chi connectivity index (χ3n) is 2.47. The molecule has 0 radical (unpaired) electrons. The number of aromatic nitrogens is 2. The molecule has 2 heterocycles. The Hall–Kier alpha value is -1.42. The summed E-state index contributed by atoms with van der Waals surface area (Å²) in [6.45, 7) is 1.99. The Balaban J connectivity index is 2.19. The van der Waals surface area contributed by atoms with E-state index in [4.69, 9.17) is 0 Å². The molecule has 1 aromatic rings. The number of rotatable bonds is 2. The van der Waals surface area contributed by atoms with Gasteiger partial charge in [0.2, 0.25) is 5.95 Å². The summed E-state index contributed by atoms with van der Waals surface area (Å²) in [5.74, 6) is 0.758. The molecule has 15 heavy (non-hydrogen) atoms. The molecule has 1 N–H and O–H groups in total. The molecule has 2 rings (SSSR count). The first-order valence-corrected chi connectivity index (χ1v) is 5.17. The second kappa shape index (κ2) is 4.40. The molecule has 0 bridgehead atoms. The van der Waals surface area contributed by atoms with Gasteiger partial charge in [0.25, 0.3) is 0 Å². The Morgan fingerprint density at radius 2 is 2.00 bits per heavy atom. The molecule has 0 fully saturated rings. The van der Waals surface area contributed by atoms with E-state index < -0.39 is 0 Å². The zero-order chi connectivity index (χ0) is 10.7. The minimum Gasteiger partial charge on any atom is -0.347 e. The van der Waals surface area contributed by atoms with Crippen LogP contribution in [0.2, 0.25) is 0 Å². The highest BCUT2D eigenvalue weighted by molar-refractivity contribution is 5.65. The maximum Gasteiger partial charge on any atom is 0.224 e. The van der Waals surface area contributed by atoms with Gasteiger partial charge in [-0.2, -0.15) is 0 Å². The molecule has 1 aliphatic rings. The summed E-state index contributed by atoms with van der Waals surface area (Å²) in [4.78, 5) is 10.5. The summed E-state index contributed by atoms with van der Waals surface area (Å²) in [5.41, 5.74) is 2.49. The largest absolute Gasteiger partial charge is 0.347 e. The van der Waals surface area contributed by atoms with E-state index in [0.29, 0.717) is 0 Å². The van der Waals surface area contributed by atoms with Gasteiger partial charge >= 0.3 is 0 Å². The number of anilines is 1. The summed E-state index contributed by atoms with van der Waals surface area (Å²) in [6, 6.07) is 0. The van der Waals surface area contributed by atoms with Gasteiger partial charge < -0.3 is 10.2 Å². The molecule has 1 aliphatic heterocycles. The Kier molecular flexibility index (Phi) is 2.97. The third-order valence-corrected chi connectivity index (χ3v) is 2.47. The minimum atomic E-state index is 0.758. The van der Waals surface area contributed by atoms with Crippen molar-refractivity contribution in [2.24, 2.45) is 0 Å². The first-order valence-electron chi connectivity index (χ1n) is 5.17. The predicted molar refractivity (Wildman–Crippen MR) is 61.8 cm³/mol. The lowest BCUT2D eigenvalue weighted by Gasteiger charge is -2.14. The van der Waals surface area contributed by atoms with Gasteiger partial charge in [-0.15, -0.1) is 0 Å². The predicted octanol–water partition coefficient (Wildman–Crippen LogP) is 0.919. The van der Waals surface area contributed by atoms with Crippen molar-refractivity contribution in [3.8, 4) is 0 Å². The quantitative estimate of drug-likeness (QED) is 0.777. The molecule has 0 saturated heterocycles. The van der Waals surface area contributed by atoms with Gasteiger partial charge in [-0.05, 0) is 18.5 Å². The van der Waals surface area contributed by atoms with Gasteiger partial charge in [0.05, 0.1) is 0 Å². The van der Waals surface area contributed by atoms with Crippen LogP contribution >= 0.6 is 0 Å². The summed E-state index contributed by atoms with van der Waals surface area (Å²) in [5, 5.41) is 3.29. The van der Waals surface area contributed by atoms with Crippen LogP contribution in [0.1, 0.15) is 12.0 Å². The molecule has 4 heteroatoms. The van der Waals surface area contributed by atoms with Crippen LogP contribution in [0.4, 0.5) is 5.95 Å². The summed E-state index contributed by atoms with van der Waals surface area (Å²) < 4.78 is 0. The number of hydrogen-bond donors (Lipinski definition) is 1. The Morgan fingerprint density at radius 1 is 1.27 bits per heavy atom. The molecule has 0 saturated carbocycles. The van der Waals surface area contributed by atoms with Gasteiger partial charge in [-0.3, -0.25) is 0 Å². The number of nitrogens with zero attached hydrogens (tertiary/aromatic N) is 3. The lowest BCUT2D eigenvalue weighted by atomic mass is 10.0. The number of hydrogen-bond acceptors (Lipinski definition) is 4. The zero-order valence-electron chi connectivity index (χ0n) is 9.20. The van der Waals surface area contributed by atoms with Crippen molar-refractivity contribution in [1.29, 1.82) is 0 Å². The van der Waals surface area contributed by atoms with E-state index in [2.05, 4.69) is 21.4 Å². The average molecular weight is 204 g/mol. The molecule has 1 aromatic heterocycles. The Morgan fingerprint density at radius 3 is 2.53 bits per heavy atom. The van der Waals surface area contributed by atoms with Gasteiger partial charge in [-0.25, -0.2) is 9.97 Å². The lowest BCUT2D eigenvalue weighted by molar-refractivity contribution is 0.738. The standard InChI is InChI=1S/C11H16N4/c1-15(2)11-13-7-10(8-14-11)9-3-5-12-6-4-9/h3,7-8,12H,4-6H2,1-2H3. The van der Waals surface area contributed by atoms with Crippen LogP contribution in [0.15, 0.2) is 18.5 Å². The summed E-state index contributed by atoms with van der Waals surface area (Å²) in [6.07, 6.45) is 7.07. The normalized spacial score (nSPS) is 16.0. The molecule has 0 unspecified atom stereocenters. The van der Waals surface area contributed by atoms with Gasteiger partial charge in [-0.1, -0.05) is 6.08 Å². The van der Waals surface area contributed by atoms with E-state index in [1.807, 2.05) is 31.4 Å². The van der Waals surface area contributed by atoms with Crippen molar-refractivity contribution < 1.29 is 0 Å². The minimum absolute atomic E-state index is 0.758. The highest BCUT2D eigenvalue weighted by Gasteiger charge is 2.07. The topological polar surface area (TPSA) is 41.1 Å². The Labute approximate surface area is 90.0 Å². The molecule has 0 spiro atoms. The molecule has 0 aromatic carbocycles. The highest BCUT2D eigenvalue weighted by atomic mass is 15.2. The van der Waals surface area contributed by atoms with Crippen LogP contribution < -0.4 is 10.2 Å². The van der Waals surface area contributed by atoms with Crippen molar-refractivity contribution in [1.82, 2.24) is 15.3 Å². The fourth-order valence-corrected chi connectivity index (χ4v) is 1.60. The fourth-order valence-electron chi connectivity index (χ4n) is 1.60. The second-order valence-corrected chi connectivity index (χ2v) is 3.85. The Bertz CT molecular complexity index is 353. The van der Waals surface area contributed by atoms with Crippen LogP contribution in [-0.4, -0.2) is 37.2 Å². The molecule has 4 nitrogen and oxygen atoms in total. The molecule has 0 aliphatic carbocycles. The molecular weight excluding hydrogens is 188 g/mol. The molecule has 80 valence electrons. The van der Waals surface area contributed by atoms with E-state index in [1.165, 1.54) is 5.57 Å². The maximum atomic E-state index is 4.31. The van der Waals surface area contributed by atoms with E-state index in [1.54, 1.807) is 0 Å². The first-order chi connectivity index (χ1) is 7.27. The van der Waals surface area contributed by atoms with Crippen molar-refractivity contribution in [3.63, 3.8) is 0 Å². The van der Waals surface area contributed by atoms with Crippen LogP contribution in [0.3, 0.4) is 0 Å². The smallest absolute Gasteiger partial charge is 0.224 e. The average Bonchev–Trinajstić information content (AvgIpc) is 2.30. The SMILES string of the molecule is CN(C)c1ncc(C2=CCNCC2)cn1. The second-order valence-electron chi connectivity index (χ2n) is 3.85. The first kappa shape index (κ1) is 10.1. The van der Waals surface area contributed by atoms with Gasteiger partial charge in [0, 0.05) is 38.6 Å². The van der Waals surface area contributed by atoms with Crippen molar-refractivity contribution >= 4 is 11.5 Å². The van der Waals surface area contributed by atoms with Gasteiger partial charge in [0.15, 0.2) is 0 Å². The van der Waals surface area contributed by atoms with Crippen molar-refractivity contribution in [2.45, 2.75) is 6.42 Å². The van der Waals surface area contributed by atoms with Gasteiger partial charge in [0.1, 0.15) is 0 Å². The van der Waals surface area contributed by atoms with E-state index in [9.17, 15) is 0 Å². The molecular formula is C11H16N4. The van der Waals surface area contributed by atoms with Crippen LogP contribution in [0.25, 0.3) is 5.57 Å². The van der Waals surface area contributed by atoms with E-state index in [0.717, 1.165) is 31.0 Å². The van der Waals surface area contributed by atoms with Crippen molar-refractivity contribution in [2.75, 3.05) is 32.1 Å². The van der Waals surface area contributed by atoms with E-state index in [-0.39, 0.29) is 0 Å². The molecule has 0 atom stereocenters. The van der Waals surface area contributed by atoms with Crippen LogP contribution in [0.5, 0.6) is 0 Å². The summed E-state index contributed by atoms with van der Waals surface area (Å²) >= 11 is 0. The van der Waals surface area contributed by atoms with Crippen molar-refractivity contribution in [3.05, 3.63) is 24.0 Å². The highest BCUT2D eigenvalue weighted by Crippen LogP contribution is 2.18. The third kappa shape index (κ3) is 2.33. The van der Waals surface area contributed by atoms with Crippen LogP contribution in [-0.2, 0) is 0 Å². The fraction of sp³-hybridized carbons (Fsp3) is 0.455. The number of nitrogens with one attached hydrogen (secondary N) is 1.